The topological polar surface area (TPSA) is 74.8 Å². The summed E-state index contributed by atoms with van der Waals surface area (Å²) in [5.74, 6) is 0.547. The summed E-state index contributed by atoms with van der Waals surface area (Å²) < 4.78 is 0. The molecule has 17 heavy (non-hydrogen) atoms. The van der Waals surface area contributed by atoms with Gasteiger partial charge in [-0.3, -0.25) is 9.59 Å². The van der Waals surface area contributed by atoms with Gasteiger partial charge in [0.25, 0.3) is 5.56 Å². The summed E-state index contributed by atoms with van der Waals surface area (Å²) in [4.78, 5) is 30.1. The van der Waals surface area contributed by atoms with Crippen molar-refractivity contribution in [3.05, 3.63) is 40.4 Å². The number of rotatable bonds is 1. The van der Waals surface area contributed by atoms with E-state index in [4.69, 9.17) is 0 Å². The van der Waals surface area contributed by atoms with Gasteiger partial charge in [-0.05, 0) is 18.6 Å². The van der Waals surface area contributed by atoms with Gasteiger partial charge < -0.3 is 10.3 Å². The Balaban J connectivity index is 2.12. The van der Waals surface area contributed by atoms with Gasteiger partial charge in [-0.2, -0.15) is 0 Å². The molecule has 3 rings (SSSR count). The summed E-state index contributed by atoms with van der Waals surface area (Å²) in [5.41, 5.74) is 0.499. The lowest BCUT2D eigenvalue weighted by Gasteiger charge is -2.09. The largest absolute Gasteiger partial charge is 0.346 e. The number of H-pyrrole nitrogens is 1. The van der Waals surface area contributed by atoms with Crippen LogP contribution in [-0.2, 0) is 4.79 Å². The van der Waals surface area contributed by atoms with Crippen molar-refractivity contribution in [2.45, 2.75) is 18.9 Å². The second-order valence-electron chi connectivity index (χ2n) is 4.13. The second kappa shape index (κ2) is 3.69. The van der Waals surface area contributed by atoms with Crippen molar-refractivity contribution < 1.29 is 4.79 Å². The quantitative estimate of drug-likeness (QED) is 0.762. The summed E-state index contributed by atoms with van der Waals surface area (Å²) in [6.07, 6.45) is 1.17. The molecule has 1 aliphatic heterocycles. The number of amides is 1. The number of hydrogen-bond donors (Lipinski definition) is 2. The van der Waals surface area contributed by atoms with Gasteiger partial charge in [0.1, 0.15) is 5.82 Å². The van der Waals surface area contributed by atoms with E-state index in [1.165, 1.54) is 0 Å². The number of benzene rings is 1. The van der Waals surface area contributed by atoms with Crippen molar-refractivity contribution in [1.82, 2.24) is 15.3 Å². The number of fused-ring (bicyclic) bond motifs is 1. The van der Waals surface area contributed by atoms with Crippen LogP contribution in [-0.4, -0.2) is 15.9 Å². The molecule has 0 saturated carbocycles. The average molecular weight is 229 g/mol. The Hall–Kier alpha value is -2.17. The summed E-state index contributed by atoms with van der Waals surface area (Å²) in [7, 11) is 0. The Morgan fingerprint density at radius 1 is 1.24 bits per heavy atom. The fourth-order valence-electron chi connectivity index (χ4n) is 2.09. The zero-order valence-electron chi connectivity index (χ0n) is 9.06. The smallest absolute Gasteiger partial charge is 0.258 e. The molecule has 1 aromatic carbocycles. The molecule has 1 unspecified atom stereocenters. The van der Waals surface area contributed by atoms with Crippen LogP contribution < -0.4 is 10.9 Å². The van der Waals surface area contributed by atoms with Crippen molar-refractivity contribution in [3.63, 3.8) is 0 Å². The maximum atomic E-state index is 11.8. The minimum atomic E-state index is -0.167. The molecule has 0 radical (unpaired) electrons. The van der Waals surface area contributed by atoms with Crippen molar-refractivity contribution in [2.24, 2.45) is 0 Å². The Labute approximate surface area is 96.9 Å². The van der Waals surface area contributed by atoms with Crippen LogP contribution in [0.5, 0.6) is 0 Å². The lowest BCUT2D eigenvalue weighted by atomic mass is 10.2. The summed E-state index contributed by atoms with van der Waals surface area (Å²) in [6, 6.07) is 7.00. The van der Waals surface area contributed by atoms with E-state index in [0.29, 0.717) is 29.6 Å². The molecule has 2 N–H and O–H groups in total. The molecule has 1 saturated heterocycles. The predicted octanol–water partition coefficient (Wildman–Crippen LogP) is 0.874. The maximum Gasteiger partial charge on any atom is 0.258 e. The first-order valence-electron chi connectivity index (χ1n) is 5.52. The number of para-hydroxylation sites is 1. The van der Waals surface area contributed by atoms with Crippen molar-refractivity contribution >= 4 is 16.8 Å². The maximum absolute atomic E-state index is 11.8. The molecule has 5 nitrogen and oxygen atoms in total. The van der Waals surface area contributed by atoms with Crippen LogP contribution in [0.15, 0.2) is 29.1 Å². The normalized spacial score (nSPS) is 19.5. The highest BCUT2D eigenvalue weighted by molar-refractivity contribution is 5.79. The number of hydrogen-bond acceptors (Lipinski definition) is 3. The van der Waals surface area contributed by atoms with Crippen LogP contribution >= 0.6 is 0 Å². The van der Waals surface area contributed by atoms with Gasteiger partial charge in [-0.25, -0.2) is 4.98 Å². The van der Waals surface area contributed by atoms with E-state index < -0.39 is 0 Å². The number of nitrogens with one attached hydrogen (secondary N) is 2. The molecule has 1 aliphatic rings. The Morgan fingerprint density at radius 3 is 2.82 bits per heavy atom. The molecule has 1 fully saturated rings. The summed E-state index contributed by atoms with van der Waals surface area (Å²) in [6.45, 7) is 0. The van der Waals surface area contributed by atoms with Crippen molar-refractivity contribution in [2.75, 3.05) is 0 Å². The molecule has 0 spiro atoms. The number of aromatic nitrogens is 2. The van der Waals surface area contributed by atoms with Crippen molar-refractivity contribution in [3.8, 4) is 0 Å². The van der Waals surface area contributed by atoms with Crippen LogP contribution in [0.1, 0.15) is 24.7 Å². The van der Waals surface area contributed by atoms with Gasteiger partial charge >= 0.3 is 0 Å². The third kappa shape index (κ3) is 1.69. The SMILES string of the molecule is O=C1CCC(c2nc3ccccc3c(=O)[nH]2)N1. The van der Waals surface area contributed by atoms with Gasteiger partial charge in [0.05, 0.1) is 16.9 Å². The molecule has 1 atom stereocenters. The van der Waals surface area contributed by atoms with Gasteiger partial charge in [0.15, 0.2) is 0 Å². The van der Waals surface area contributed by atoms with Crippen LogP contribution in [0.3, 0.4) is 0 Å². The van der Waals surface area contributed by atoms with E-state index in [1.54, 1.807) is 18.2 Å². The van der Waals surface area contributed by atoms with Crippen molar-refractivity contribution in [1.29, 1.82) is 0 Å². The minimum Gasteiger partial charge on any atom is -0.346 e. The lowest BCUT2D eigenvalue weighted by molar-refractivity contribution is -0.119. The molecule has 1 amide bonds. The third-order valence-corrected chi connectivity index (χ3v) is 2.96. The van der Waals surface area contributed by atoms with Crippen LogP contribution in [0.4, 0.5) is 0 Å². The summed E-state index contributed by atoms with van der Waals surface area (Å²) in [5, 5.41) is 3.36. The van der Waals surface area contributed by atoms with Gasteiger partial charge in [-0.15, -0.1) is 0 Å². The van der Waals surface area contributed by atoms with E-state index in [1.807, 2.05) is 6.07 Å². The van der Waals surface area contributed by atoms with Gasteiger partial charge in [-0.1, -0.05) is 12.1 Å². The Morgan fingerprint density at radius 2 is 2.06 bits per heavy atom. The number of nitrogens with zero attached hydrogens (tertiary/aromatic N) is 1. The minimum absolute atomic E-state index is 0.00538. The van der Waals surface area contributed by atoms with E-state index >= 15 is 0 Å². The number of carbonyl (C=O) groups excluding carboxylic acids is 1. The standard InChI is InChI=1S/C12H11N3O2/c16-10-6-5-9(13-10)11-14-8-4-2-1-3-7(8)12(17)15-11/h1-4,9H,5-6H2,(H,13,16)(H,14,15,17). The highest BCUT2D eigenvalue weighted by Crippen LogP contribution is 2.20. The molecule has 0 aliphatic carbocycles. The van der Waals surface area contributed by atoms with Crippen LogP contribution in [0, 0.1) is 0 Å². The Bertz CT molecular complexity index is 647. The first-order chi connectivity index (χ1) is 8.24. The average Bonchev–Trinajstić information content (AvgIpc) is 2.76. The third-order valence-electron chi connectivity index (χ3n) is 2.96. The van der Waals surface area contributed by atoms with E-state index in [0.717, 1.165) is 0 Å². The predicted molar refractivity (Wildman–Crippen MR) is 62.5 cm³/mol. The molecule has 86 valence electrons. The highest BCUT2D eigenvalue weighted by atomic mass is 16.2. The van der Waals surface area contributed by atoms with E-state index in [-0.39, 0.29) is 17.5 Å². The van der Waals surface area contributed by atoms with E-state index in [9.17, 15) is 9.59 Å². The monoisotopic (exact) mass is 229 g/mol. The zero-order chi connectivity index (χ0) is 11.8. The highest BCUT2D eigenvalue weighted by Gasteiger charge is 2.24. The van der Waals surface area contributed by atoms with Gasteiger partial charge in [0.2, 0.25) is 5.91 Å². The molecule has 5 heteroatoms. The molecule has 1 aromatic heterocycles. The Kier molecular flexibility index (Phi) is 2.18. The molecular formula is C12H11N3O2. The first kappa shape index (κ1) is 10.0. The van der Waals surface area contributed by atoms with Crippen LogP contribution in [0.25, 0.3) is 10.9 Å². The van der Waals surface area contributed by atoms with Crippen LogP contribution in [0.2, 0.25) is 0 Å². The molecular weight excluding hydrogens is 218 g/mol. The molecule has 2 heterocycles. The second-order valence-corrected chi connectivity index (χ2v) is 4.13. The fraction of sp³-hybridized carbons (Fsp3) is 0.250. The van der Waals surface area contributed by atoms with E-state index in [2.05, 4.69) is 15.3 Å². The molecule has 2 aromatic rings. The first-order valence-corrected chi connectivity index (χ1v) is 5.52. The number of carbonyl (C=O) groups is 1. The zero-order valence-corrected chi connectivity index (χ0v) is 9.06. The van der Waals surface area contributed by atoms with Gasteiger partial charge in [0, 0.05) is 6.42 Å². The molecule has 0 bridgehead atoms. The summed E-state index contributed by atoms with van der Waals surface area (Å²) >= 11 is 0. The fourth-order valence-corrected chi connectivity index (χ4v) is 2.09. The lowest BCUT2D eigenvalue weighted by Crippen LogP contribution is -2.23. The number of aromatic amines is 1.